The van der Waals surface area contributed by atoms with Crippen LogP contribution in [0.1, 0.15) is 25.8 Å². The highest BCUT2D eigenvalue weighted by molar-refractivity contribution is 8.02. The zero-order valence-corrected chi connectivity index (χ0v) is 26.5. The number of fused-ring (bicyclic) bond motifs is 3. The number of amides is 3. The molecule has 6 atom stereocenters. The monoisotopic (exact) mass is 621 g/mol. The molecule has 7 rings (SSSR count). The maximum atomic E-state index is 15.0. The average molecular weight is 622 g/mol. The smallest absolute Gasteiger partial charge is 0.251 e. The van der Waals surface area contributed by atoms with Crippen molar-refractivity contribution in [2.24, 2.45) is 11.8 Å². The quantitative estimate of drug-likeness (QED) is 0.382. The first-order valence-electron chi connectivity index (χ1n) is 15.9. The Morgan fingerprint density at radius 1 is 0.867 bits per heavy atom. The molecule has 0 aliphatic carbocycles. The fraction of sp³-hybridized carbons (Fsp3) is 0.378. The lowest BCUT2D eigenvalue weighted by molar-refractivity contribution is -0.145. The summed E-state index contributed by atoms with van der Waals surface area (Å²) in [4.78, 5) is 49.6. The second-order valence-corrected chi connectivity index (χ2v) is 14.6. The molecule has 45 heavy (non-hydrogen) atoms. The third-order valence-corrected chi connectivity index (χ3v) is 11.8. The molecule has 232 valence electrons. The van der Waals surface area contributed by atoms with Crippen molar-refractivity contribution in [3.63, 3.8) is 0 Å². The van der Waals surface area contributed by atoms with Gasteiger partial charge in [0.05, 0.1) is 29.2 Å². The van der Waals surface area contributed by atoms with Crippen LogP contribution in [-0.2, 0) is 20.8 Å². The number of anilines is 1. The van der Waals surface area contributed by atoms with Crippen molar-refractivity contribution in [1.82, 2.24) is 9.80 Å². The number of hydrogen-bond acceptors (Lipinski definition) is 5. The Morgan fingerprint density at radius 2 is 1.60 bits per heavy atom. The number of nitrogens with zero attached hydrogens (tertiary/aromatic N) is 3. The van der Waals surface area contributed by atoms with Gasteiger partial charge in [-0.05, 0) is 48.2 Å². The Kier molecular flexibility index (Phi) is 7.61. The van der Waals surface area contributed by atoms with Crippen LogP contribution in [0.4, 0.5) is 5.69 Å². The molecule has 3 aromatic carbocycles. The van der Waals surface area contributed by atoms with Crippen LogP contribution >= 0.6 is 11.8 Å². The van der Waals surface area contributed by atoms with Crippen molar-refractivity contribution >= 4 is 45.9 Å². The molecule has 0 aromatic heterocycles. The lowest BCUT2D eigenvalue weighted by Crippen LogP contribution is -2.57. The predicted octanol–water partition coefficient (Wildman–Crippen LogP) is 4.84. The van der Waals surface area contributed by atoms with E-state index in [1.165, 1.54) is 0 Å². The summed E-state index contributed by atoms with van der Waals surface area (Å²) in [6.07, 6.45) is 9.41. The van der Waals surface area contributed by atoms with E-state index in [0.29, 0.717) is 26.1 Å². The minimum Gasteiger partial charge on any atom is -0.394 e. The first-order valence-corrected chi connectivity index (χ1v) is 16.7. The molecule has 4 aliphatic heterocycles. The molecule has 3 aromatic rings. The topological polar surface area (TPSA) is 81.2 Å². The molecule has 2 fully saturated rings. The van der Waals surface area contributed by atoms with Crippen LogP contribution < -0.4 is 4.90 Å². The van der Waals surface area contributed by atoms with Crippen molar-refractivity contribution in [3.8, 4) is 0 Å². The van der Waals surface area contributed by atoms with E-state index in [1.807, 2.05) is 110 Å². The van der Waals surface area contributed by atoms with Gasteiger partial charge in [-0.25, -0.2) is 0 Å². The van der Waals surface area contributed by atoms with Crippen molar-refractivity contribution < 1.29 is 19.5 Å². The Labute approximate surface area is 268 Å². The summed E-state index contributed by atoms with van der Waals surface area (Å²) in [5.41, 5.74) is 1.73. The van der Waals surface area contributed by atoms with Crippen LogP contribution in [0.25, 0.3) is 10.8 Å². The number of carbonyl (C=O) groups is 3. The van der Waals surface area contributed by atoms with Crippen LogP contribution in [-0.4, -0.2) is 80.4 Å². The molecule has 3 amide bonds. The standard InChI is InChI=1S/C37H39N3O4S/c1-3-19-38-20-9-17-36(2)30(33(38)42)31-34(43)40(29(24-41)22-25-11-5-4-6-12-25)32-35(44)39(21-10-18-37(31,32)45-36)28-16-15-26-13-7-8-14-27(26)23-28/h4-18,23,29-32,41H,3,19-22,24H2,1-2H3/t29-,30-,31+,32?,36+,37+/m1/s1. The van der Waals surface area contributed by atoms with Gasteiger partial charge in [0.2, 0.25) is 11.8 Å². The van der Waals surface area contributed by atoms with Gasteiger partial charge >= 0.3 is 0 Å². The number of rotatable bonds is 7. The van der Waals surface area contributed by atoms with Crippen molar-refractivity contribution in [2.45, 2.75) is 48.3 Å². The summed E-state index contributed by atoms with van der Waals surface area (Å²) in [7, 11) is 0. The number of thioether (sulfide) groups is 1. The highest BCUT2D eigenvalue weighted by Gasteiger charge is 2.74. The van der Waals surface area contributed by atoms with E-state index in [4.69, 9.17) is 0 Å². The molecule has 0 bridgehead atoms. The molecule has 4 heterocycles. The number of aliphatic hydroxyl groups is 1. The Balaban J connectivity index is 1.37. The van der Waals surface area contributed by atoms with Gasteiger partial charge in [-0.3, -0.25) is 14.4 Å². The molecule has 0 saturated carbocycles. The summed E-state index contributed by atoms with van der Waals surface area (Å²) in [6, 6.07) is 22.3. The first-order chi connectivity index (χ1) is 21.8. The van der Waals surface area contributed by atoms with E-state index in [2.05, 4.69) is 6.08 Å². The molecule has 8 heteroatoms. The molecule has 1 N–H and O–H groups in total. The molecule has 1 spiro atoms. The fourth-order valence-corrected chi connectivity index (χ4v) is 10.2. The number of likely N-dealkylation sites (tertiary alicyclic amines) is 1. The van der Waals surface area contributed by atoms with E-state index >= 15 is 4.79 Å². The van der Waals surface area contributed by atoms with Crippen LogP contribution in [0, 0.1) is 11.8 Å². The van der Waals surface area contributed by atoms with Crippen LogP contribution in [0.5, 0.6) is 0 Å². The van der Waals surface area contributed by atoms with Gasteiger partial charge in [-0.2, -0.15) is 0 Å². The summed E-state index contributed by atoms with van der Waals surface area (Å²) < 4.78 is -1.64. The summed E-state index contributed by atoms with van der Waals surface area (Å²) in [5.74, 6) is -1.82. The number of carbonyl (C=O) groups excluding carboxylic acids is 3. The minimum atomic E-state index is -0.974. The van der Waals surface area contributed by atoms with Gasteiger partial charge < -0.3 is 19.8 Å². The maximum absolute atomic E-state index is 15.0. The lowest BCUT2D eigenvalue weighted by Gasteiger charge is -2.40. The average Bonchev–Trinajstić information content (AvgIpc) is 3.33. The van der Waals surface area contributed by atoms with Gasteiger partial charge in [-0.15, -0.1) is 11.8 Å². The van der Waals surface area contributed by atoms with Crippen molar-refractivity contribution in [2.75, 3.05) is 31.1 Å². The van der Waals surface area contributed by atoms with E-state index in [0.717, 1.165) is 28.4 Å². The van der Waals surface area contributed by atoms with E-state index in [1.54, 1.807) is 21.6 Å². The van der Waals surface area contributed by atoms with Gasteiger partial charge in [0.25, 0.3) is 5.91 Å². The number of hydrogen-bond donors (Lipinski definition) is 1. The summed E-state index contributed by atoms with van der Waals surface area (Å²) >= 11 is 1.58. The fourth-order valence-electron chi connectivity index (χ4n) is 8.09. The SMILES string of the molecule is CCCN1CC=C[C@]2(C)S[C@]34C=CCN(c5ccc6ccccc6c5)C(=O)C3N([C@@H](CO)Cc3ccccc3)C(=O)[C@@H]4[C@@H]2C1=O. The lowest BCUT2D eigenvalue weighted by atomic mass is 9.74. The highest BCUT2D eigenvalue weighted by Crippen LogP contribution is 2.66. The normalized spacial score (nSPS) is 29.9. The van der Waals surface area contributed by atoms with E-state index in [-0.39, 0.29) is 24.3 Å². The van der Waals surface area contributed by atoms with Gasteiger partial charge in [0, 0.05) is 30.1 Å². The molecule has 0 radical (unpaired) electrons. The van der Waals surface area contributed by atoms with E-state index in [9.17, 15) is 14.7 Å². The highest BCUT2D eigenvalue weighted by atomic mass is 32.2. The van der Waals surface area contributed by atoms with Gasteiger partial charge in [0.15, 0.2) is 0 Å². The second-order valence-electron chi connectivity index (χ2n) is 12.8. The molecule has 4 aliphatic rings. The summed E-state index contributed by atoms with van der Waals surface area (Å²) in [5, 5.41) is 12.9. The predicted molar refractivity (Wildman–Crippen MR) is 179 cm³/mol. The van der Waals surface area contributed by atoms with Crippen molar-refractivity contribution in [3.05, 3.63) is 103 Å². The Bertz CT molecular complexity index is 1710. The van der Waals surface area contributed by atoms with Crippen molar-refractivity contribution in [1.29, 1.82) is 0 Å². The third-order valence-electron chi connectivity index (χ3n) is 10.0. The maximum Gasteiger partial charge on any atom is 0.251 e. The Morgan fingerprint density at radius 3 is 2.36 bits per heavy atom. The van der Waals surface area contributed by atoms with Crippen LogP contribution in [0.3, 0.4) is 0 Å². The minimum absolute atomic E-state index is 0.0345. The molecule has 2 saturated heterocycles. The second kappa shape index (κ2) is 11.5. The number of benzene rings is 3. The third kappa shape index (κ3) is 4.72. The molecule has 7 nitrogen and oxygen atoms in total. The first kappa shape index (κ1) is 29.8. The molecular weight excluding hydrogens is 582 g/mol. The van der Waals surface area contributed by atoms with E-state index < -0.39 is 33.4 Å². The van der Waals surface area contributed by atoms with Gasteiger partial charge in [-0.1, -0.05) is 91.9 Å². The number of aliphatic hydroxyl groups excluding tert-OH is 1. The molecule has 1 unspecified atom stereocenters. The largest absolute Gasteiger partial charge is 0.394 e. The van der Waals surface area contributed by atoms with Gasteiger partial charge in [0.1, 0.15) is 6.04 Å². The zero-order chi connectivity index (χ0) is 31.3. The Hall–Kier alpha value is -3.88. The summed E-state index contributed by atoms with van der Waals surface area (Å²) in [6.45, 7) is 5.27. The zero-order valence-electron chi connectivity index (χ0n) is 25.7. The van der Waals surface area contributed by atoms with Crippen LogP contribution in [0.2, 0.25) is 0 Å². The van der Waals surface area contributed by atoms with Crippen LogP contribution in [0.15, 0.2) is 97.1 Å². The molecular formula is C37H39N3O4S.